The summed E-state index contributed by atoms with van der Waals surface area (Å²) in [5.74, 6) is 1.84. The van der Waals surface area contributed by atoms with Crippen molar-refractivity contribution in [3.05, 3.63) is 146 Å². The van der Waals surface area contributed by atoms with Gasteiger partial charge in [0.05, 0.1) is 11.7 Å². The molecule has 0 radical (unpaired) electrons. The van der Waals surface area contributed by atoms with Gasteiger partial charge in [0.2, 0.25) is 0 Å². The highest BCUT2D eigenvalue weighted by atomic mass is 16.3. The molecule has 218 valence electrons. The molecule has 10 rings (SSSR count). The molecule has 10 aromatic rings. The Hall–Kier alpha value is -6.46. The second kappa shape index (κ2) is 10.0. The van der Waals surface area contributed by atoms with E-state index in [0.717, 1.165) is 54.9 Å². The number of aromatic nitrogens is 4. The number of nitrogens with zero attached hydrogens (tertiary/aromatic N) is 4. The van der Waals surface area contributed by atoms with Crippen LogP contribution in [-0.4, -0.2) is 19.9 Å². The maximum absolute atomic E-state index is 6.10. The van der Waals surface area contributed by atoms with Gasteiger partial charge in [-0.2, -0.15) is 0 Å². The van der Waals surface area contributed by atoms with E-state index in [2.05, 4.69) is 121 Å². The van der Waals surface area contributed by atoms with Crippen LogP contribution >= 0.6 is 0 Å². The van der Waals surface area contributed by atoms with E-state index in [1.807, 2.05) is 18.2 Å². The molecule has 0 aliphatic carbocycles. The van der Waals surface area contributed by atoms with E-state index < -0.39 is 0 Å². The van der Waals surface area contributed by atoms with Crippen molar-refractivity contribution in [1.29, 1.82) is 0 Å². The highest BCUT2D eigenvalue weighted by molar-refractivity contribution is 6.18. The van der Waals surface area contributed by atoms with Gasteiger partial charge in [-0.25, -0.2) is 15.0 Å². The van der Waals surface area contributed by atoms with Gasteiger partial charge in [0.25, 0.3) is 0 Å². The minimum absolute atomic E-state index is 0.594. The summed E-state index contributed by atoms with van der Waals surface area (Å²) < 4.78 is 6.10. The lowest BCUT2D eigenvalue weighted by Gasteiger charge is -2.11. The first kappa shape index (κ1) is 25.8. The summed E-state index contributed by atoms with van der Waals surface area (Å²) in [6, 6.07) is 48.3. The predicted octanol–water partition coefficient (Wildman–Crippen LogP) is 10.8. The van der Waals surface area contributed by atoms with Crippen molar-refractivity contribution in [2.75, 3.05) is 0 Å². The third kappa shape index (κ3) is 4.17. The standard InChI is InChI=1S/C42H24N4O/c1-2-9-28-21-29(17-13-25(28)7-1)40-44-41(30-18-16-27-15-14-26-8-3-4-10-32(26)35(27)22-30)46-42(45-40)31-19-20-33-36(23-31)43-24-38-39(33)34-11-5-6-12-37(34)47-38/h1-24H. The van der Waals surface area contributed by atoms with Gasteiger partial charge in [-0.1, -0.05) is 115 Å². The molecule has 0 bridgehead atoms. The van der Waals surface area contributed by atoms with Crippen LogP contribution in [0.5, 0.6) is 0 Å². The Bertz CT molecular complexity index is 2870. The van der Waals surface area contributed by atoms with Gasteiger partial charge in [-0.15, -0.1) is 0 Å². The molecular formula is C42H24N4O. The van der Waals surface area contributed by atoms with Gasteiger partial charge >= 0.3 is 0 Å². The Morgan fingerprint density at radius 2 is 0.957 bits per heavy atom. The molecule has 0 aliphatic heterocycles. The predicted molar refractivity (Wildman–Crippen MR) is 191 cm³/mol. The van der Waals surface area contributed by atoms with Crippen LogP contribution in [0.15, 0.2) is 150 Å². The largest absolute Gasteiger partial charge is 0.454 e. The summed E-state index contributed by atoms with van der Waals surface area (Å²) in [7, 11) is 0. The summed E-state index contributed by atoms with van der Waals surface area (Å²) in [5.41, 5.74) is 5.22. The Balaban J connectivity index is 1.19. The molecule has 0 amide bonds. The fourth-order valence-corrected chi connectivity index (χ4v) is 6.78. The molecule has 47 heavy (non-hydrogen) atoms. The van der Waals surface area contributed by atoms with Crippen LogP contribution in [0, 0.1) is 0 Å². The average Bonchev–Trinajstić information content (AvgIpc) is 3.53. The highest BCUT2D eigenvalue weighted by Crippen LogP contribution is 2.36. The van der Waals surface area contributed by atoms with Crippen molar-refractivity contribution in [2.24, 2.45) is 0 Å². The van der Waals surface area contributed by atoms with Crippen molar-refractivity contribution in [1.82, 2.24) is 19.9 Å². The fraction of sp³-hybridized carbons (Fsp3) is 0. The normalized spacial score (nSPS) is 11.8. The van der Waals surface area contributed by atoms with Crippen molar-refractivity contribution in [3.8, 4) is 34.2 Å². The van der Waals surface area contributed by atoms with Crippen molar-refractivity contribution >= 4 is 65.2 Å². The first-order valence-electron chi connectivity index (χ1n) is 15.6. The molecule has 5 nitrogen and oxygen atoms in total. The van der Waals surface area contributed by atoms with Crippen LogP contribution in [0.25, 0.3) is 99.3 Å². The number of hydrogen-bond donors (Lipinski definition) is 0. The molecule has 0 saturated heterocycles. The van der Waals surface area contributed by atoms with E-state index in [-0.39, 0.29) is 0 Å². The van der Waals surface area contributed by atoms with Crippen molar-refractivity contribution < 1.29 is 4.42 Å². The van der Waals surface area contributed by atoms with E-state index in [1.165, 1.54) is 26.9 Å². The topological polar surface area (TPSA) is 64.7 Å². The molecule has 0 N–H and O–H groups in total. The third-order valence-electron chi connectivity index (χ3n) is 9.12. The number of para-hydroxylation sites is 1. The monoisotopic (exact) mass is 600 g/mol. The number of benzene rings is 7. The van der Waals surface area contributed by atoms with Crippen molar-refractivity contribution in [3.63, 3.8) is 0 Å². The van der Waals surface area contributed by atoms with Gasteiger partial charge in [0.15, 0.2) is 23.1 Å². The summed E-state index contributed by atoms with van der Waals surface area (Å²) in [6.45, 7) is 0. The quantitative estimate of drug-likeness (QED) is 0.189. The van der Waals surface area contributed by atoms with Crippen LogP contribution in [0.1, 0.15) is 0 Å². The molecule has 0 aliphatic rings. The molecule has 5 heteroatoms. The van der Waals surface area contributed by atoms with Gasteiger partial charge in [-0.3, -0.25) is 4.98 Å². The zero-order valence-electron chi connectivity index (χ0n) is 25.1. The zero-order chi connectivity index (χ0) is 30.9. The molecular weight excluding hydrogens is 576 g/mol. The number of fused-ring (bicyclic) bond motifs is 9. The van der Waals surface area contributed by atoms with E-state index in [1.54, 1.807) is 6.20 Å². The maximum Gasteiger partial charge on any atom is 0.164 e. The number of hydrogen-bond acceptors (Lipinski definition) is 5. The Morgan fingerprint density at radius 1 is 0.383 bits per heavy atom. The SMILES string of the molecule is c1ccc2cc(-c3nc(-c4ccc5c(c4)ncc4oc6ccccc6c45)nc(-c4ccc5ccc6ccccc6c5c4)n3)ccc2c1. The Labute approximate surface area is 268 Å². The van der Waals surface area contributed by atoms with Gasteiger partial charge in [-0.05, 0) is 56.6 Å². The minimum Gasteiger partial charge on any atom is -0.454 e. The summed E-state index contributed by atoms with van der Waals surface area (Å²) in [6.07, 6.45) is 1.81. The highest BCUT2D eigenvalue weighted by Gasteiger charge is 2.16. The van der Waals surface area contributed by atoms with Crippen LogP contribution in [0.2, 0.25) is 0 Å². The Kier molecular flexibility index (Phi) is 5.51. The smallest absolute Gasteiger partial charge is 0.164 e. The second-order valence-corrected chi connectivity index (χ2v) is 11.9. The van der Waals surface area contributed by atoms with E-state index >= 15 is 0 Å². The van der Waals surface area contributed by atoms with E-state index in [4.69, 9.17) is 24.4 Å². The molecule has 0 atom stereocenters. The van der Waals surface area contributed by atoms with Crippen LogP contribution in [-0.2, 0) is 0 Å². The van der Waals surface area contributed by atoms with E-state index in [9.17, 15) is 0 Å². The summed E-state index contributed by atoms with van der Waals surface area (Å²) in [4.78, 5) is 20.0. The van der Waals surface area contributed by atoms with Crippen LogP contribution < -0.4 is 0 Å². The summed E-state index contributed by atoms with van der Waals surface area (Å²) >= 11 is 0. The van der Waals surface area contributed by atoms with Crippen molar-refractivity contribution in [2.45, 2.75) is 0 Å². The van der Waals surface area contributed by atoms with Gasteiger partial charge in [0.1, 0.15) is 5.58 Å². The number of furan rings is 1. The van der Waals surface area contributed by atoms with Gasteiger partial charge < -0.3 is 4.42 Å². The van der Waals surface area contributed by atoms with Gasteiger partial charge in [0, 0.05) is 32.8 Å². The lowest BCUT2D eigenvalue weighted by atomic mass is 9.99. The fourth-order valence-electron chi connectivity index (χ4n) is 6.78. The van der Waals surface area contributed by atoms with E-state index in [0.29, 0.717) is 17.5 Å². The lowest BCUT2D eigenvalue weighted by molar-refractivity contribution is 0.667. The number of rotatable bonds is 3. The zero-order valence-corrected chi connectivity index (χ0v) is 25.1. The molecule has 0 unspecified atom stereocenters. The first-order valence-corrected chi connectivity index (χ1v) is 15.6. The lowest BCUT2D eigenvalue weighted by Crippen LogP contribution is -2.00. The maximum atomic E-state index is 6.10. The van der Waals surface area contributed by atoms with Crippen LogP contribution in [0.3, 0.4) is 0 Å². The third-order valence-corrected chi connectivity index (χ3v) is 9.12. The first-order chi connectivity index (χ1) is 23.2. The second-order valence-electron chi connectivity index (χ2n) is 11.9. The molecule has 0 saturated carbocycles. The minimum atomic E-state index is 0.594. The van der Waals surface area contributed by atoms with Crippen LogP contribution in [0.4, 0.5) is 0 Å². The average molecular weight is 601 g/mol. The molecule has 0 fully saturated rings. The summed E-state index contributed by atoms with van der Waals surface area (Å²) in [5, 5.41) is 10.2. The molecule has 3 aromatic heterocycles. The molecule has 0 spiro atoms. The molecule has 3 heterocycles. The Morgan fingerprint density at radius 3 is 1.77 bits per heavy atom. The number of pyridine rings is 1. The molecule has 7 aromatic carbocycles.